The molecule has 0 aliphatic heterocycles. The highest BCUT2D eigenvalue weighted by Crippen LogP contribution is 1.99. The molecule has 1 atom stereocenters. The molecule has 1 heterocycles. The Morgan fingerprint density at radius 1 is 1.62 bits per heavy atom. The van der Waals surface area contributed by atoms with Gasteiger partial charge < -0.3 is 15.6 Å². The van der Waals surface area contributed by atoms with Crippen molar-refractivity contribution in [3.05, 3.63) is 12.2 Å². The Labute approximate surface area is 95.2 Å². The van der Waals surface area contributed by atoms with E-state index in [9.17, 15) is 4.79 Å². The van der Waals surface area contributed by atoms with E-state index in [2.05, 4.69) is 15.5 Å². The van der Waals surface area contributed by atoms with Gasteiger partial charge in [-0.2, -0.15) is 0 Å². The summed E-state index contributed by atoms with van der Waals surface area (Å²) in [7, 11) is 0. The van der Waals surface area contributed by atoms with Gasteiger partial charge in [-0.15, -0.1) is 10.2 Å². The summed E-state index contributed by atoms with van der Waals surface area (Å²) in [6.45, 7) is 6.98. The van der Waals surface area contributed by atoms with E-state index in [1.807, 2.05) is 25.3 Å². The molecule has 0 fully saturated rings. The van der Waals surface area contributed by atoms with Gasteiger partial charge >= 0.3 is 0 Å². The Morgan fingerprint density at radius 3 is 2.88 bits per heavy atom. The van der Waals surface area contributed by atoms with Crippen molar-refractivity contribution in [1.82, 2.24) is 20.1 Å². The molecule has 3 N–H and O–H groups in total. The van der Waals surface area contributed by atoms with Crippen molar-refractivity contribution in [2.45, 2.75) is 39.9 Å². The quantitative estimate of drug-likeness (QED) is 0.732. The zero-order valence-electron chi connectivity index (χ0n) is 9.97. The number of aryl methyl sites for hydroxylation is 1. The monoisotopic (exact) mass is 225 g/mol. The molecule has 0 aliphatic carbocycles. The van der Waals surface area contributed by atoms with E-state index in [4.69, 9.17) is 5.73 Å². The summed E-state index contributed by atoms with van der Waals surface area (Å²) in [6, 6.07) is -0.474. The molecule has 0 bridgehead atoms. The lowest BCUT2D eigenvalue weighted by atomic mass is 10.1. The number of nitrogens with zero attached hydrogens (tertiary/aromatic N) is 3. The molecule has 1 aromatic rings. The fourth-order valence-electron chi connectivity index (χ4n) is 1.27. The molecule has 1 rings (SSSR count). The van der Waals surface area contributed by atoms with Crippen LogP contribution in [-0.2, 0) is 17.9 Å². The van der Waals surface area contributed by atoms with Crippen molar-refractivity contribution in [3.63, 3.8) is 0 Å². The minimum atomic E-state index is -0.474. The zero-order chi connectivity index (χ0) is 12.1. The minimum Gasteiger partial charge on any atom is -0.347 e. The zero-order valence-corrected chi connectivity index (χ0v) is 9.97. The summed E-state index contributed by atoms with van der Waals surface area (Å²) < 4.78 is 1.88. The lowest BCUT2D eigenvalue weighted by Gasteiger charge is -2.15. The van der Waals surface area contributed by atoms with Gasteiger partial charge in [-0.05, 0) is 12.8 Å². The lowest BCUT2D eigenvalue weighted by molar-refractivity contribution is -0.123. The summed E-state index contributed by atoms with van der Waals surface area (Å²) in [5, 5.41) is 10.5. The first-order valence-electron chi connectivity index (χ1n) is 5.46. The molecule has 0 spiro atoms. The van der Waals surface area contributed by atoms with Crippen molar-refractivity contribution in [3.8, 4) is 0 Å². The first-order valence-corrected chi connectivity index (χ1v) is 5.46. The van der Waals surface area contributed by atoms with Gasteiger partial charge in [-0.25, -0.2) is 0 Å². The van der Waals surface area contributed by atoms with E-state index in [-0.39, 0.29) is 11.8 Å². The predicted octanol–water partition coefficient (Wildman–Crippen LogP) is -0.102. The number of rotatable bonds is 5. The van der Waals surface area contributed by atoms with E-state index in [1.165, 1.54) is 0 Å². The molecule has 0 radical (unpaired) electrons. The Balaban J connectivity index is 2.49. The molecular formula is C10H19N5O. The molecular weight excluding hydrogens is 206 g/mol. The van der Waals surface area contributed by atoms with Crippen LogP contribution in [0, 0.1) is 5.92 Å². The van der Waals surface area contributed by atoms with E-state index in [0.717, 1.165) is 12.4 Å². The van der Waals surface area contributed by atoms with Crippen molar-refractivity contribution < 1.29 is 4.79 Å². The van der Waals surface area contributed by atoms with Crippen molar-refractivity contribution in [2.24, 2.45) is 11.7 Å². The number of hydrogen-bond acceptors (Lipinski definition) is 4. The fourth-order valence-corrected chi connectivity index (χ4v) is 1.27. The van der Waals surface area contributed by atoms with Crippen molar-refractivity contribution >= 4 is 5.91 Å². The topological polar surface area (TPSA) is 85.8 Å². The first-order chi connectivity index (χ1) is 7.56. The second-order valence-corrected chi connectivity index (χ2v) is 4.02. The largest absolute Gasteiger partial charge is 0.347 e. The van der Waals surface area contributed by atoms with Crippen LogP contribution < -0.4 is 11.1 Å². The SMILES string of the molecule is CCn1cnnc1CNC(=O)[C@H](N)C(C)C. The first kappa shape index (κ1) is 12.6. The predicted molar refractivity (Wildman–Crippen MR) is 60.4 cm³/mol. The third kappa shape index (κ3) is 3.03. The number of nitrogens with one attached hydrogen (secondary N) is 1. The number of carbonyl (C=O) groups is 1. The summed E-state index contributed by atoms with van der Waals surface area (Å²) in [4.78, 5) is 11.6. The van der Waals surface area contributed by atoms with E-state index in [1.54, 1.807) is 6.33 Å². The van der Waals surface area contributed by atoms with Crippen molar-refractivity contribution in [2.75, 3.05) is 0 Å². The Bertz CT molecular complexity index is 347. The fraction of sp³-hybridized carbons (Fsp3) is 0.700. The third-order valence-corrected chi connectivity index (χ3v) is 2.48. The van der Waals surface area contributed by atoms with Gasteiger partial charge in [0.15, 0.2) is 5.82 Å². The van der Waals surface area contributed by atoms with Crippen LogP contribution in [0.2, 0.25) is 0 Å². The summed E-state index contributed by atoms with van der Waals surface area (Å²) in [6.07, 6.45) is 1.64. The Kier molecular flexibility index (Phi) is 4.42. The standard InChI is InChI=1S/C10H19N5O/c1-4-15-6-13-14-8(15)5-12-10(16)9(11)7(2)3/h6-7,9H,4-5,11H2,1-3H3,(H,12,16)/t9-/m1/s1. The van der Waals surface area contributed by atoms with Crippen LogP contribution in [0.5, 0.6) is 0 Å². The highest BCUT2D eigenvalue weighted by atomic mass is 16.2. The summed E-state index contributed by atoms with van der Waals surface area (Å²) >= 11 is 0. The Morgan fingerprint density at radius 2 is 2.31 bits per heavy atom. The van der Waals surface area contributed by atoms with Crippen LogP contribution in [0.15, 0.2) is 6.33 Å². The molecule has 0 aromatic carbocycles. The van der Waals surface area contributed by atoms with Crippen LogP contribution >= 0.6 is 0 Å². The number of amides is 1. The molecule has 6 nitrogen and oxygen atoms in total. The highest BCUT2D eigenvalue weighted by molar-refractivity contribution is 5.81. The van der Waals surface area contributed by atoms with Gasteiger partial charge in [0.1, 0.15) is 6.33 Å². The maximum Gasteiger partial charge on any atom is 0.237 e. The minimum absolute atomic E-state index is 0.129. The molecule has 0 unspecified atom stereocenters. The second-order valence-electron chi connectivity index (χ2n) is 4.02. The highest BCUT2D eigenvalue weighted by Gasteiger charge is 2.17. The van der Waals surface area contributed by atoms with Gasteiger partial charge in [-0.1, -0.05) is 13.8 Å². The molecule has 0 saturated heterocycles. The maximum atomic E-state index is 11.6. The average molecular weight is 225 g/mol. The van der Waals surface area contributed by atoms with Gasteiger partial charge in [0.25, 0.3) is 0 Å². The molecule has 0 aliphatic rings. The number of hydrogen-bond donors (Lipinski definition) is 2. The van der Waals surface area contributed by atoms with Gasteiger partial charge in [0.05, 0.1) is 12.6 Å². The summed E-state index contributed by atoms with van der Waals surface area (Å²) in [5.41, 5.74) is 5.72. The number of carbonyl (C=O) groups excluding carboxylic acids is 1. The Hall–Kier alpha value is -1.43. The smallest absolute Gasteiger partial charge is 0.237 e. The molecule has 1 amide bonds. The van der Waals surface area contributed by atoms with Gasteiger partial charge in [0, 0.05) is 6.54 Å². The molecule has 1 aromatic heterocycles. The maximum absolute atomic E-state index is 11.6. The van der Waals surface area contributed by atoms with Crippen LogP contribution in [0.1, 0.15) is 26.6 Å². The van der Waals surface area contributed by atoms with Crippen LogP contribution in [0.25, 0.3) is 0 Å². The lowest BCUT2D eigenvalue weighted by Crippen LogP contribution is -2.43. The third-order valence-electron chi connectivity index (χ3n) is 2.48. The van der Waals surface area contributed by atoms with Crippen molar-refractivity contribution in [1.29, 1.82) is 0 Å². The van der Waals surface area contributed by atoms with Crippen LogP contribution in [0.3, 0.4) is 0 Å². The molecule has 90 valence electrons. The number of nitrogens with two attached hydrogens (primary N) is 1. The van der Waals surface area contributed by atoms with Gasteiger partial charge in [-0.3, -0.25) is 4.79 Å². The van der Waals surface area contributed by atoms with E-state index < -0.39 is 6.04 Å². The molecule has 0 saturated carbocycles. The van der Waals surface area contributed by atoms with E-state index >= 15 is 0 Å². The van der Waals surface area contributed by atoms with E-state index in [0.29, 0.717) is 6.54 Å². The normalized spacial score (nSPS) is 12.8. The number of aromatic nitrogens is 3. The van der Waals surface area contributed by atoms with Crippen LogP contribution in [-0.4, -0.2) is 26.7 Å². The second kappa shape index (κ2) is 5.60. The molecule has 16 heavy (non-hydrogen) atoms. The van der Waals surface area contributed by atoms with Crippen LogP contribution in [0.4, 0.5) is 0 Å². The molecule has 6 heteroatoms. The summed E-state index contributed by atoms with van der Waals surface area (Å²) in [5.74, 6) is 0.719. The average Bonchev–Trinajstić information content (AvgIpc) is 2.71. The van der Waals surface area contributed by atoms with Gasteiger partial charge in [0.2, 0.25) is 5.91 Å².